The van der Waals surface area contributed by atoms with E-state index in [2.05, 4.69) is 9.82 Å². The highest BCUT2D eigenvalue weighted by molar-refractivity contribution is 7.89. The molecule has 0 saturated heterocycles. The lowest BCUT2D eigenvalue weighted by Crippen LogP contribution is -2.52. The summed E-state index contributed by atoms with van der Waals surface area (Å²) in [6.07, 6.45) is 5.27. The quantitative estimate of drug-likeness (QED) is 0.853. The summed E-state index contributed by atoms with van der Waals surface area (Å²) >= 11 is 0. The van der Waals surface area contributed by atoms with Crippen molar-refractivity contribution in [1.29, 1.82) is 0 Å². The average molecular weight is 301 g/mol. The molecule has 7 nitrogen and oxygen atoms in total. The number of carboxylic acids is 1. The molecule has 1 saturated carbocycles. The van der Waals surface area contributed by atoms with Gasteiger partial charge in [-0.3, -0.25) is 9.48 Å². The van der Waals surface area contributed by atoms with Crippen LogP contribution in [-0.4, -0.2) is 35.3 Å². The van der Waals surface area contributed by atoms with Gasteiger partial charge in [0.15, 0.2) is 0 Å². The van der Waals surface area contributed by atoms with E-state index in [1.54, 1.807) is 14.0 Å². The molecule has 1 aliphatic carbocycles. The lowest BCUT2D eigenvalue weighted by molar-refractivity contribution is -0.151. The Morgan fingerprint density at radius 1 is 1.55 bits per heavy atom. The van der Waals surface area contributed by atoms with Gasteiger partial charge in [0.25, 0.3) is 0 Å². The van der Waals surface area contributed by atoms with Crippen molar-refractivity contribution in [2.75, 3.05) is 0 Å². The van der Waals surface area contributed by atoms with Gasteiger partial charge in [0.05, 0.1) is 11.6 Å². The molecule has 2 unspecified atom stereocenters. The first-order valence-electron chi connectivity index (χ1n) is 6.50. The molecule has 8 heteroatoms. The van der Waals surface area contributed by atoms with Crippen molar-refractivity contribution in [1.82, 2.24) is 14.5 Å². The largest absolute Gasteiger partial charge is 0.481 e. The summed E-state index contributed by atoms with van der Waals surface area (Å²) in [4.78, 5) is 11.5. The van der Waals surface area contributed by atoms with E-state index in [1.807, 2.05) is 0 Å². The number of aliphatic carboxylic acids is 1. The van der Waals surface area contributed by atoms with Gasteiger partial charge in [-0.05, 0) is 19.8 Å². The van der Waals surface area contributed by atoms with E-state index in [-0.39, 0.29) is 4.90 Å². The number of sulfonamides is 1. The van der Waals surface area contributed by atoms with Gasteiger partial charge in [0.2, 0.25) is 10.0 Å². The topological polar surface area (TPSA) is 101 Å². The van der Waals surface area contributed by atoms with Gasteiger partial charge in [-0.25, -0.2) is 13.1 Å². The van der Waals surface area contributed by atoms with Crippen LogP contribution in [0.5, 0.6) is 0 Å². The number of carboxylic acid groups (broad SMARTS) is 1. The summed E-state index contributed by atoms with van der Waals surface area (Å²) in [6.45, 7) is 1.60. The lowest BCUT2D eigenvalue weighted by atomic mass is 9.72. The zero-order valence-electron chi connectivity index (χ0n) is 11.5. The van der Waals surface area contributed by atoms with Crippen LogP contribution in [0.4, 0.5) is 0 Å². The van der Waals surface area contributed by atoms with Gasteiger partial charge in [-0.1, -0.05) is 12.8 Å². The van der Waals surface area contributed by atoms with Gasteiger partial charge < -0.3 is 5.11 Å². The van der Waals surface area contributed by atoms with Gasteiger partial charge in [0, 0.05) is 19.3 Å². The summed E-state index contributed by atoms with van der Waals surface area (Å²) in [5, 5.41) is 13.2. The third-order valence-electron chi connectivity index (χ3n) is 3.99. The van der Waals surface area contributed by atoms with Crippen LogP contribution in [0.1, 0.15) is 32.6 Å². The van der Waals surface area contributed by atoms with Crippen molar-refractivity contribution in [2.24, 2.45) is 12.5 Å². The fourth-order valence-corrected chi connectivity index (χ4v) is 3.94. The highest BCUT2D eigenvalue weighted by Crippen LogP contribution is 2.37. The average Bonchev–Trinajstić information content (AvgIpc) is 2.79. The predicted octanol–water partition coefficient (Wildman–Crippen LogP) is 0.732. The molecule has 0 aliphatic heterocycles. The Hall–Kier alpha value is -1.41. The predicted molar refractivity (Wildman–Crippen MR) is 71.5 cm³/mol. The second-order valence-corrected chi connectivity index (χ2v) is 7.21. The zero-order chi connectivity index (χ0) is 15.0. The van der Waals surface area contributed by atoms with Gasteiger partial charge >= 0.3 is 5.97 Å². The molecule has 0 aromatic carbocycles. The first kappa shape index (κ1) is 15.0. The number of carbonyl (C=O) groups is 1. The molecule has 0 bridgehead atoms. The van der Waals surface area contributed by atoms with Crippen LogP contribution in [0.25, 0.3) is 0 Å². The van der Waals surface area contributed by atoms with E-state index in [0.717, 1.165) is 12.8 Å². The maximum Gasteiger partial charge on any atom is 0.310 e. The fraction of sp³-hybridized carbons (Fsp3) is 0.667. The number of hydrogen-bond acceptors (Lipinski definition) is 4. The number of nitrogens with zero attached hydrogens (tertiary/aromatic N) is 2. The van der Waals surface area contributed by atoms with Crippen LogP contribution < -0.4 is 4.72 Å². The molecular formula is C12H19N3O4S. The molecule has 2 N–H and O–H groups in total. The Labute approximate surface area is 118 Å². The molecule has 1 heterocycles. The first-order valence-corrected chi connectivity index (χ1v) is 7.98. The number of aromatic nitrogens is 2. The molecule has 1 aliphatic rings. The normalized spacial score (nSPS) is 27.4. The Morgan fingerprint density at radius 3 is 2.80 bits per heavy atom. The van der Waals surface area contributed by atoms with Crippen molar-refractivity contribution in [3.05, 3.63) is 12.4 Å². The van der Waals surface area contributed by atoms with Crippen LogP contribution >= 0.6 is 0 Å². The number of aryl methyl sites for hydroxylation is 1. The van der Waals surface area contributed by atoms with Crippen molar-refractivity contribution < 1.29 is 18.3 Å². The van der Waals surface area contributed by atoms with Gasteiger partial charge in [-0.2, -0.15) is 5.10 Å². The van der Waals surface area contributed by atoms with Gasteiger partial charge in [-0.15, -0.1) is 0 Å². The van der Waals surface area contributed by atoms with E-state index < -0.39 is 27.4 Å². The fourth-order valence-electron chi connectivity index (χ4n) is 2.57. The summed E-state index contributed by atoms with van der Waals surface area (Å²) < 4.78 is 28.5. The standard InChI is InChI=1S/C12H19N3O4S/c1-12(11(16)17)6-4-3-5-10(12)14-20(18,19)9-7-13-15(2)8-9/h7-8,10,14H,3-6H2,1-2H3,(H,16,17). The third kappa shape index (κ3) is 2.71. The third-order valence-corrected chi connectivity index (χ3v) is 5.41. The molecule has 2 rings (SSSR count). The number of rotatable bonds is 4. The Balaban J connectivity index is 2.25. The minimum Gasteiger partial charge on any atom is -0.481 e. The molecule has 0 spiro atoms. The van der Waals surface area contributed by atoms with E-state index in [0.29, 0.717) is 12.8 Å². The van der Waals surface area contributed by atoms with Crippen LogP contribution in [0.15, 0.2) is 17.3 Å². The zero-order valence-corrected chi connectivity index (χ0v) is 12.4. The molecule has 2 atom stereocenters. The Bertz CT molecular complexity index is 610. The Morgan fingerprint density at radius 2 is 2.25 bits per heavy atom. The molecule has 0 radical (unpaired) electrons. The second-order valence-electron chi connectivity index (χ2n) is 5.49. The summed E-state index contributed by atoms with van der Waals surface area (Å²) in [6, 6.07) is -0.598. The molecule has 112 valence electrons. The van der Waals surface area contributed by atoms with Crippen LogP contribution in [0, 0.1) is 5.41 Å². The summed E-state index contributed by atoms with van der Waals surface area (Å²) in [7, 11) is -2.11. The summed E-state index contributed by atoms with van der Waals surface area (Å²) in [5.74, 6) is -0.962. The minimum absolute atomic E-state index is 0.0540. The van der Waals surface area contributed by atoms with E-state index in [9.17, 15) is 18.3 Å². The lowest BCUT2D eigenvalue weighted by Gasteiger charge is -2.37. The highest BCUT2D eigenvalue weighted by atomic mass is 32.2. The van der Waals surface area contributed by atoms with Crippen LogP contribution in [0.3, 0.4) is 0 Å². The van der Waals surface area contributed by atoms with Crippen molar-refractivity contribution in [3.8, 4) is 0 Å². The molecule has 0 amide bonds. The second kappa shape index (κ2) is 5.17. The van der Waals surface area contributed by atoms with E-state index in [1.165, 1.54) is 17.1 Å². The SMILES string of the molecule is Cn1cc(S(=O)(=O)NC2CCCCC2(C)C(=O)O)cn1. The maximum absolute atomic E-state index is 12.3. The Kier molecular flexibility index (Phi) is 3.88. The number of nitrogens with one attached hydrogen (secondary N) is 1. The van der Waals surface area contributed by atoms with Crippen LogP contribution in [0.2, 0.25) is 0 Å². The molecular weight excluding hydrogens is 282 g/mol. The van der Waals surface area contributed by atoms with Crippen LogP contribution in [-0.2, 0) is 21.9 Å². The number of hydrogen-bond donors (Lipinski definition) is 2. The first-order chi connectivity index (χ1) is 9.25. The maximum atomic E-state index is 12.3. The van der Waals surface area contributed by atoms with Gasteiger partial charge in [0.1, 0.15) is 4.90 Å². The monoisotopic (exact) mass is 301 g/mol. The van der Waals surface area contributed by atoms with Crippen molar-refractivity contribution >= 4 is 16.0 Å². The van der Waals surface area contributed by atoms with Crippen molar-refractivity contribution in [2.45, 2.75) is 43.5 Å². The molecule has 1 fully saturated rings. The van der Waals surface area contributed by atoms with E-state index in [4.69, 9.17) is 0 Å². The minimum atomic E-state index is -3.74. The summed E-state index contributed by atoms with van der Waals surface area (Å²) in [5.41, 5.74) is -1.06. The molecule has 1 aromatic rings. The van der Waals surface area contributed by atoms with E-state index >= 15 is 0 Å². The highest BCUT2D eigenvalue weighted by Gasteiger charge is 2.45. The molecule has 20 heavy (non-hydrogen) atoms. The smallest absolute Gasteiger partial charge is 0.310 e. The van der Waals surface area contributed by atoms with Crippen molar-refractivity contribution in [3.63, 3.8) is 0 Å². The molecule has 1 aromatic heterocycles.